The Morgan fingerprint density at radius 3 is 2.56 bits per heavy atom. The number of nitriles is 1. The van der Waals surface area contributed by atoms with Crippen molar-refractivity contribution in [2.24, 2.45) is 0 Å². The molecule has 0 radical (unpaired) electrons. The lowest BCUT2D eigenvalue weighted by molar-refractivity contribution is -0.112. The Balaban J connectivity index is 2.17. The minimum Gasteiger partial charge on any atom is -0.493 e. The Bertz CT molecular complexity index is 849. The molecule has 0 unspecified atom stereocenters. The number of unbranched alkanes of at least 4 members (excludes halogenated alkanes) is 1. The molecule has 140 valence electrons. The Hall–Kier alpha value is -3.26. The zero-order chi connectivity index (χ0) is 19.6. The number of amides is 1. The van der Waals surface area contributed by atoms with Crippen molar-refractivity contribution < 1.29 is 14.3 Å². The summed E-state index contributed by atoms with van der Waals surface area (Å²) in [5.41, 5.74) is 2.43. The number of methoxy groups -OCH3 is 1. The first-order valence-corrected chi connectivity index (χ1v) is 8.88. The van der Waals surface area contributed by atoms with Gasteiger partial charge in [0.1, 0.15) is 11.6 Å². The van der Waals surface area contributed by atoms with E-state index in [1.54, 1.807) is 37.4 Å². The van der Waals surface area contributed by atoms with Crippen molar-refractivity contribution in [3.05, 3.63) is 59.2 Å². The monoisotopic (exact) mass is 364 g/mol. The molecule has 0 aliphatic rings. The van der Waals surface area contributed by atoms with Crippen molar-refractivity contribution >= 4 is 17.7 Å². The van der Waals surface area contributed by atoms with Gasteiger partial charge in [0.2, 0.25) is 0 Å². The molecule has 0 saturated carbocycles. The molecular formula is C22H24N2O3. The number of ether oxygens (including phenoxy) is 2. The molecular weight excluding hydrogens is 340 g/mol. The summed E-state index contributed by atoms with van der Waals surface area (Å²) in [7, 11) is 1.56. The molecule has 2 aromatic rings. The van der Waals surface area contributed by atoms with Crippen molar-refractivity contribution in [3.63, 3.8) is 0 Å². The van der Waals surface area contributed by atoms with Gasteiger partial charge < -0.3 is 14.8 Å². The topological polar surface area (TPSA) is 71.3 Å². The second kappa shape index (κ2) is 10.0. The summed E-state index contributed by atoms with van der Waals surface area (Å²) >= 11 is 0. The normalized spacial score (nSPS) is 10.8. The standard InChI is InChI=1S/C22H24N2O3/c1-4-5-12-27-20-11-8-17(14-21(20)26-3)13-18(15-23)22(25)24-19-9-6-16(2)7-10-19/h6-11,13-14H,4-5,12H2,1-3H3,(H,24,25)/b18-13+. The van der Waals surface area contributed by atoms with Gasteiger partial charge in [-0.3, -0.25) is 4.79 Å². The van der Waals surface area contributed by atoms with E-state index in [2.05, 4.69) is 12.2 Å². The van der Waals surface area contributed by atoms with Gasteiger partial charge in [0.25, 0.3) is 5.91 Å². The van der Waals surface area contributed by atoms with Gasteiger partial charge in [-0.1, -0.05) is 37.1 Å². The molecule has 1 N–H and O–H groups in total. The SMILES string of the molecule is CCCCOc1ccc(/C=C(\C#N)C(=O)Nc2ccc(C)cc2)cc1OC. The Kier molecular flexibility index (Phi) is 7.45. The largest absolute Gasteiger partial charge is 0.493 e. The van der Waals surface area contributed by atoms with E-state index in [1.807, 2.05) is 25.1 Å². The summed E-state index contributed by atoms with van der Waals surface area (Å²) in [5.74, 6) is 0.755. The summed E-state index contributed by atoms with van der Waals surface area (Å²) in [6.45, 7) is 4.68. The van der Waals surface area contributed by atoms with E-state index in [4.69, 9.17) is 9.47 Å². The van der Waals surface area contributed by atoms with Crippen LogP contribution in [0.4, 0.5) is 5.69 Å². The van der Waals surface area contributed by atoms with Crippen molar-refractivity contribution in [1.29, 1.82) is 5.26 Å². The van der Waals surface area contributed by atoms with Crippen LogP contribution < -0.4 is 14.8 Å². The van der Waals surface area contributed by atoms with E-state index in [9.17, 15) is 10.1 Å². The smallest absolute Gasteiger partial charge is 0.266 e. The highest BCUT2D eigenvalue weighted by atomic mass is 16.5. The van der Waals surface area contributed by atoms with E-state index < -0.39 is 5.91 Å². The minimum absolute atomic E-state index is 0.0114. The molecule has 0 aromatic heterocycles. The first kappa shape index (κ1) is 20.1. The maximum Gasteiger partial charge on any atom is 0.266 e. The maximum atomic E-state index is 12.4. The molecule has 0 atom stereocenters. The van der Waals surface area contributed by atoms with Crippen LogP contribution in [0.3, 0.4) is 0 Å². The zero-order valence-electron chi connectivity index (χ0n) is 15.9. The summed E-state index contributed by atoms with van der Waals surface area (Å²) in [6.07, 6.45) is 3.54. The number of carbonyl (C=O) groups is 1. The van der Waals surface area contributed by atoms with Gasteiger partial charge >= 0.3 is 0 Å². The average Bonchev–Trinajstić information content (AvgIpc) is 2.68. The van der Waals surface area contributed by atoms with Crippen molar-refractivity contribution in [2.75, 3.05) is 19.0 Å². The van der Waals surface area contributed by atoms with Crippen LogP contribution in [-0.2, 0) is 4.79 Å². The molecule has 27 heavy (non-hydrogen) atoms. The summed E-state index contributed by atoms with van der Waals surface area (Å²) in [5, 5.41) is 12.1. The predicted molar refractivity (Wildman–Crippen MR) is 107 cm³/mol. The first-order chi connectivity index (χ1) is 13.1. The second-order valence-corrected chi connectivity index (χ2v) is 6.10. The van der Waals surface area contributed by atoms with Gasteiger partial charge in [0.05, 0.1) is 13.7 Å². The molecule has 5 nitrogen and oxygen atoms in total. The lowest BCUT2D eigenvalue weighted by atomic mass is 10.1. The number of nitrogens with zero attached hydrogens (tertiary/aromatic N) is 1. The van der Waals surface area contributed by atoms with Crippen LogP contribution in [0.2, 0.25) is 0 Å². The van der Waals surface area contributed by atoms with Crippen molar-refractivity contribution in [3.8, 4) is 17.6 Å². The van der Waals surface area contributed by atoms with Crippen LogP contribution in [0.25, 0.3) is 6.08 Å². The van der Waals surface area contributed by atoms with Gasteiger partial charge in [-0.25, -0.2) is 0 Å². The van der Waals surface area contributed by atoms with E-state index in [0.717, 1.165) is 18.4 Å². The van der Waals surface area contributed by atoms with E-state index in [-0.39, 0.29) is 5.57 Å². The fraction of sp³-hybridized carbons (Fsp3) is 0.273. The average molecular weight is 364 g/mol. The summed E-state index contributed by atoms with van der Waals surface area (Å²) < 4.78 is 11.1. The highest BCUT2D eigenvalue weighted by Gasteiger charge is 2.11. The second-order valence-electron chi connectivity index (χ2n) is 6.10. The number of carbonyl (C=O) groups excluding carboxylic acids is 1. The highest BCUT2D eigenvalue weighted by molar-refractivity contribution is 6.09. The summed E-state index contributed by atoms with van der Waals surface area (Å²) in [4.78, 5) is 12.4. The molecule has 0 spiro atoms. The molecule has 1 amide bonds. The van der Waals surface area contributed by atoms with Crippen LogP contribution in [0.1, 0.15) is 30.9 Å². The fourth-order valence-electron chi connectivity index (χ4n) is 2.37. The molecule has 0 heterocycles. The van der Waals surface area contributed by atoms with Gasteiger partial charge in [0.15, 0.2) is 11.5 Å². The number of nitrogens with one attached hydrogen (secondary N) is 1. The first-order valence-electron chi connectivity index (χ1n) is 8.88. The molecule has 5 heteroatoms. The van der Waals surface area contributed by atoms with Crippen molar-refractivity contribution in [2.45, 2.75) is 26.7 Å². The third-order valence-electron chi connectivity index (χ3n) is 3.93. The molecule has 0 bridgehead atoms. The highest BCUT2D eigenvalue weighted by Crippen LogP contribution is 2.29. The third-order valence-corrected chi connectivity index (χ3v) is 3.93. The van der Waals surface area contributed by atoms with Gasteiger partial charge in [0, 0.05) is 5.69 Å². The van der Waals surface area contributed by atoms with Crippen LogP contribution in [0.5, 0.6) is 11.5 Å². The molecule has 2 rings (SSSR count). The zero-order valence-corrected chi connectivity index (χ0v) is 15.9. The summed E-state index contributed by atoms with van der Waals surface area (Å²) in [6, 6.07) is 14.7. The number of benzene rings is 2. The quantitative estimate of drug-likeness (QED) is 0.418. The van der Waals surface area contributed by atoms with E-state index >= 15 is 0 Å². The van der Waals surface area contributed by atoms with Gasteiger partial charge in [-0.2, -0.15) is 5.26 Å². The Morgan fingerprint density at radius 1 is 1.19 bits per heavy atom. The molecule has 0 aliphatic carbocycles. The number of hydrogen-bond donors (Lipinski definition) is 1. The molecule has 0 saturated heterocycles. The Morgan fingerprint density at radius 2 is 1.93 bits per heavy atom. The van der Waals surface area contributed by atoms with Crippen LogP contribution in [0.15, 0.2) is 48.0 Å². The van der Waals surface area contributed by atoms with Crippen LogP contribution >= 0.6 is 0 Å². The van der Waals surface area contributed by atoms with Crippen molar-refractivity contribution in [1.82, 2.24) is 0 Å². The fourth-order valence-corrected chi connectivity index (χ4v) is 2.37. The van der Waals surface area contributed by atoms with Gasteiger partial charge in [-0.05, 0) is 49.2 Å². The number of rotatable bonds is 8. The number of hydrogen-bond acceptors (Lipinski definition) is 4. The van der Waals surface area contributed by atoms with Gasteiger partial charge in [-0.15, -0.1) is 0 Å². The predicted octanol–water partition coefficient (Wildman–Crippen LogP) is 4.73. The number of anilines is 1. The third kappa shape index (κ3) is 5.89. The molecule has 2 aromatic carbocycles. The molecule has 0 aliphatic heterocycles. The lowest BCUT2D eigenvalue weighted by Crippen LogP contribution is -2.13. The number of aryl methyl sites for hydroxylation is 1. The van der Waals surface area contributed by atoms with Crippen LogP contribution in [-0.4, -0.2) is 19.6 Å². The Labute approximate surface area is 160 Å². The van der Waals surface area contributed by atoms with Crippen LogP contribution in [0, 0.1) is 18.3 Å². The molecule has 0 fully saturated rings. The minimum atomic E-state index is -0.455. The van der Waals surface area contributed by atoms with E-state index in [0.29, 0.717) is 29.4 Å². The lowest BCUT2D eigenvalue weighted by Gasteiger charge is -2.11. The van der Waals surface area contributed by atoms with E-state index in [1.165, 1.54) is 6.08 Å². The maximum absolute atomic E-state index is 12.4.